The Morgan fingerprint density at radius 2 is 2.17 bits per heavy atom. The first kappa shape index (κ1) is 14.8. The number of benzene rings is 1. The molecule has 0 aliphatic carbocycles. The molecule has 5 heteroatoms. The maximum atomic E-state index is 11.9. The van der Waals surface area contributed by atoms with Gasteiger partial charge in [0.1, 0.15) is 0 Å². The number of anilines is 1. The molecule has 1 rings (SSSR count). The minimum atomic E-state index is -0.231. The number of nitrogens with two attached hydrogens (primary N) is 1. The quantitative estimate of drug-likeness (QED) is 0.717. The van der Waals surface area contributed by atoms with Gasteiger partial charge in [0.05, 0.1) is 10.6 Å². The average Bonchev–Trinajstić information content (AvgIpc) is 2.26. The standard InChI is InChI=1S/C13H19ClN2O2/c1-13(2,5-6-17)8-16-12(18)10-4-3-9(15)7-11(10)14/h3-4,7,17H,5-6,8,15H2,1-2H3,(H,16,18). The Morgan fingerprint density at radius 1 is 1.50 bits per heavy atom. The van der Waals surface area contributed by atoms with Gasteiger partial charge in [0.2, 0.25) is 0 Å². The van der Waals surface area contributed by atoms with Crippen LogP contribution in [-0.2, 0) is 0 Å². The van der Waals surface area contributed by atoms with E-state index >= 15 is 0 Å². The fourth-order valence-electron chi connectivity index (χ4n) is 1.52. The van der Waals surface area contributed by atoms with Gasteiger partial charge in [-0.25, -0.2) is 0 Å². The molecule has 0 aliphatic rings. The van der Waals surface area contributed by atoms with Crippen LogP contribution in [0.25, 0.3) is 0 Å². The molecule has 100 valence electrons. The van der Waals surface area contributed by atoms with Gasteiger partial charge in [0.15, 0.2) is 0 Å². The fraction of sp³-hybridized carbons (Fsp3) is 0.462. The number of hydrogen-bond donors (Lipinski definition) is 3. The molecular weight excluding hydrogens is 252 g/mol. The summed E-state index contributed by atoms with van der Waals surface area (Å²) in [4.78, 5) is 11.9. The zero-order chi connectivity index (χ0) is 13.8. The summed E-state index contributed by atoms with van der Waals surface area (Å²) in [6.45, 7) is 4.54. The van der Waals surface area contributed by atoms with Crippen molar-refractivity contribution in [3.8, 4) is 0 Å². The highest BCUT2D eigenvalue weighted by Gasteiger charge is 2.19. The van der Waals surface area contributed by atoms with Gasteiger partial charge in [-0.05, 0) is 30.0 Å². The third-order valence-corrected chi connectivity index (χ3v) is 3.07. The molecule has 0 heterocycles. The first-order chi connectivity index (χ1) is 8.35. The van der Waals surface area contributed by atoms with Crippen LogP contribution >= 0.6 is 11.6 Å². The SMILES string of the molecule is CC(C)(CCO)CNC(=O)c1ccc(N)cc1Cl. The van der Waals surface area contributed by atoms with Gasteiger partial charge in [-0.3, -0.25) is 4.79 Å². The summed E-state index contributed by atoms with van der Waals surface area (Å²) >= 11 is 5.95. The first-order valence-electron chi connectivity index (χ1n) is 5.80. The molecule has 1 amide bonds. The molecule has 4 N–H and O–H groups in total. The number of rotatable bonds is 5. The summed E-state index contributed by atoms with van der Waals surface area (Å²) < 4.78 is 0. The van der Waals surface area contributed by atoms with E-state index in [4.69, 9.17) is 22.4 Å². The van der Waals surface area contributed by atoms with E-state index in [1.165, 1.54) is 0 Å². The second-order valence-electron chi connectivity index (χ2n) is 5.06. The zero-order valence-corrected chi connectivity index (χ0v) is 11.4. The van der Waals surface area contributed by atoms with E-state index in [-0.39, 0.29) is 17.9 Å². The van der Waals surface area contributed by atoms with Gasteiger partial charge < -0.3 is 16.2 Å². The molecular formula is C13H19ClN2O2. The molecule has 0 fully saturated rings. The number of halogens is 1. The Bertz CT molecular complexity index is 433. The molecule has 0 spiro atoms. The van der Waals surface area contributed by atoms with E-state index < -0.39 is 0 Å². The van der Waals surface area contributed by atoms with Gasteiger partial charge in [-0.1, -0.05) is 25.4 Å². The lowest BCUT2D eigenvalue weighted by atomic mass is 9.89. The van der Waals surface area contributed by atoms with E-state index in [1.54, 1.807) is 18.2 Å². The number of carbonyl (C=O) groups is 1. The zero-order valence-electron chi connectivity index (χ0n) is 10.7. The summed E-state index contributed by atoms with van der Waals surface area (Å²) in [5, 5.41) is 12.1. The molecule has 0 unspecified atom stereocenters. The largest absolute Gasteiger partial charge is 0.399 e. The van der Waals surface area contributed by atoms with Gasteiger partial charge in [-0.2, -0.15) is 0 Å². The average molecular weight is 271 g/mol. The minimum Gasteiger partial charge on any atom is -0.399 e. The smallest absolute Gasteiger partial charge is 0.252 e. The molecule has 4 nitrogen and oxygen atoms in total. The van der Waals surface area contributed by atoms with Gasteiger partial charge >= 0.3 is 0 Å². The number of amides is 1. The lowest BCUT2D eigenvalue weighted by Gasteiger charge is -2.23. The van der Waals surface area contributed by atoms with Crippen molar-refractivity contribution in [3.63, 3.8) is 0 Å². The van der Waals surface area contributed by atoms with Crippen molar-refractivity contribution in [3.05, 3.63) is 28.8 Å². The van der Waals surface area contributed by atoms with E-state index in [9.17, 15) is 4.79 Å². The number of aliphatic hydroxyl groups is 1. The summed E-state index contributed by atoms with van der Waals surface area (Å²) in [5.74, 6) is -0.231. The van der Waals surface area contributed by atoms with E-state index in [0.29, 0.717) is 29.2 Å². The topological polar surface area (TPSA) is 75.3 Å². The second kappa shape index (κ2) is 6.07. The summed E-state index contributed by atoms with van der Waals surface area (Å²) in [5.41, 5.74) is 6.35. The number of hydrogen-bond acceptors (Lipinski definition) is 3. The molecule has 1 aromatic carbocycles. The summed E-state index contributed by atoms with van der Waals surface area (Å²) in [6.07, 6.45) is 0.628. The van der Waals surface area contributed by atoms with Crippen molar-refractivity contribution in [2.75, 3.05) is 18.9 Å². The normalized spacial score (nSPS) is 11.3. The van der Waals surface area contributed by atoms with Crippen molar-refractivity contribution in [2.45, 2.75) is 20.3 Å². The van der Waals surface area contributed by atoms with Gasteiger partial charge in [-0.15, -0.1) is 0 Å². The molecule has 0 atom stereocenters. The maximum absolute atomic E-state index is 11.9. The monoisotopic (exact) mass is 270 g/mol. The van der Waals surface area contributed by atoms with Gasteiger partial charge in [0.25, 0.3) is 5.91 Å². The number of carbonyl (C=O) groups excluding carboxylic acids is 1. The Morgan fingerprint density at radius 3 is 2.72 bits per heavy atom. The lowest BCUT2D eigenvalue weighted by molar-refractivity contribution is 0.0928. The van der Waals surface area contributed by atoms with Crippen LogP contribution in [0.4, 0.5) is 5.69 Å². The Hall–Kier alpha value is -1.26. The van der Waals surface area contributed by atoms with Crippen LogP contribution in [0.15, 0.2) is 18.2 Å². The summed E-state index contributed by atoms with van der Waals surface area (Å²) in [7, 11) is 0. The van der Waals surface area contributed by atoms with Crippen molar-refractivity contribution < 1.29 is 9.90 Å². The number of nitrogen functional groups attached to an aromatic ring is 1. The van der Waals surface area contributed by atoms with Crippen molar-refractivity contribution in [1.82, 2.24) is 5.32 Å². The van der Waals surface area contributed by atoms with E-state index in [2.05, 4.69) is 5.32 Å². The van der Waals surface area contributed by atoms with Gasteiger partial charge in [0, 0.05) is 18.8 Å². The lowest BCUT2D eigenvalue weighted by Crippen LogP contribution is -2.34. The Kier molecular flexibility index (Phi) is 4.99. The van der Waals surface area contributed by atoms with E-state index in [1.807, 2.05) is 13.8 Å². The third kappa shape index (κ3) is 4.20. The predicted octanol–water partition coefficient (Wildman–Crippen LogP) is 2.06. The molecule has 0 bridgehead atoms. The minimum absolute atomic E-state index is 0.103. The van der Waals surface area contributed by atoms with Crippen LogP contribution in [0.3, 0.4) is 0 Å². The van der Waals surface area contributed by atoms with Crippen LogP contribution in [0, 0.1) is 5.41 Å². The molecule has 0 aliphatic heterocycles. The molecule has 0 radical (unpaired) electrons. The van der Waals surface area contributed by atoms with E-state index in [0.717, 1.165) is 0 Å². The van der Waals surface area contributed by atoms with Crippen molar-refractivity contribution >= 4 is 23.2 Å². The maximum Gasteiger partial charge on any atom is 0.252 e. The Labute approximate surface area is 112 Å². The van der Waals surface area contributed by atoms with Crippen LogP contribution in [-0.4, -0.2) is 24.2 Å². The number of aliphatic hydroxyl groups excluding tert-OH is 1. The molecule has 18 heavy (non-hydrogen) atoms. The first-order valence-corrected chi connectivity index (χ1v) is 6.17. The van der Waals surface area contributed by atoms with Crippen LogP contribution in [0.2, 0.25) is 5.02 Å². The fourth-order valence-corrected chi connectivity index (χ4v) is 1.80. The highest BCUT2D eigenvalue weighted by molar-refractivity contribution is 6.34. The second-order valence-corrected chi connectivity index (χ2v) is 5.47. The van der Waals surface area contributed by atoms with Crippen LogP contribution < -0.4 is 11.1 Å². The molecule has 0 aromatic heterocycles. The summed E-state index contributed by atoms with van der Waals surface area (Å²) in [6, 6.07) is 4.79. The van der Waals surface area contributed by atoms with Crippen LogP contribution in [0.1, 0.15) is 30.6 Å². The number of nitrogens with one attached hydrogen (secondary N) is 1. The molecule has 0 saturated carbocycles. The molecule has 0 saturated heterocycles. The van der Waals surface area contributed by atoms with Crippen LogP contribution in [0.5, 0.6) is 0 Å². The molecule has 1 aromatic rings. The predicted molar refractivity (Wildman–Crippen MR) is 73.7 cm³/mol. The van der Waals surface area contributed by atoms with Crippen molar-refractivity contribution in [2.24, 2.45) is 5.41 Å². The Balaban J connectivity index is 2.66. The van der Waals surface area contributed by atoms with Crippen molar-refractivity contribution in [1.29, 1.82) is 0 Å². The highest BCUT2D eigenvalue weighted by Crippen LogP contribution is 2.21. The third-order valence-electron chi connectivity index (χ3n) is 2.75. The highest BCUT2D eigenvalue weighted by atomic mass is 35.5.